The van der Waals surface area contributed by atoms with Crippen LogP contribution >= 0.6 is 11.8 Å². The molecule has 0 aliphatic carbocycles. The second-order valence-electron chi connectivity index (χ2n) is 4.46. The number of hydrogen-bond donors (Lipinski definition) is 1. The minimum Gasteiger partial charge on any atom is -0.332 e. The van der Waals surface area contributed by atoms with Crippen molar-refractivity contribution < 1.29 is 4.79 Å². The van der Waals surface area contributed by atoms with Crippen LogP contribution in [-0.4, -0.2) is 44.9 Å². The molecule has 0 radical (unpaired) electrons. The Morgan fingerprint density at radius 2 is 2.21 bits per heavy atom. The Balaban J connectivity index is 1.60. The highest BCUT2D eigenvalue weighted by Crippen LogP contribution is 2.09. The summed E-state index contributed by atoms with van der Waals surface area (Å²) in [6.45, 7) is 2.15. The van der Waals surface area contributed by atoms with Crippen LogP contribution < -0.4 is 5.32 Å². The van der Waals surface area contributed by atoms with E-state index in [1.54, 1.807) is 0 Å². The molecule has 0 bridgehead atoms. The predicted molar refractivity (Wildman–Crippen MR) is 76.3 cm³/mol. The van der Waals surface area contributed by atoms with Crippen molar-refractivity contribution in [3.05, 3.63) is 36.3 Å². The number of rotatable bonds is 2. The molecule has 3 heterocycles. The number of imidazole rings is 1. The standard InChI is InChI=1S/C13H16N4OS/c18-13(16-5-7-19-8-6-16)14-9-11-10-17-4-2-1-3-12(17)15-11/h1-4,10H,5-9H2,(H,14,18). The Bertz CT molecular complexity index is 544. The number of pyridine rings is 1. The molecule has 3 rings (SSSR count). The molecule has 1 aliphatic heterocycles. The fourth-order valence-corrected chi connectivity index (χ4v) is 3.02. The van der Waals surface area contributed by atoms with Gasteiger partial charge in [0, 0.05) is 37.0 Å². The van der Waals surface area contributed by atoms with E-state index in [1.807, 2.05) is 51.7 Å². The minimum atomic E-state index is 0.0114. The van der Waals surface area contributed by atoms with E-state index >= 15 is 0 Å². The van der Waals surface area contributed by atoms with Crippen LogP contribution in [0.5, 0.6) is 0 Å². The van der Waals surface area contributed by atoms with Gasteiger partial charge in [-0.05, 0) is 12.1 Å². The summed E-state index contributed by atoms with van der Waals surface area (Å²) < 4.78 is 1.96. The molecular weight excluding hydrogens is 260 g/mol. The summed E-state index contributed by atoms with van der Waals surface area (Å²) in [5.41, 5.74) is 1.78. The predicted octanol–water partition coefficient (Wildman–Crippen LogP) is 1.59. The molecule has 2 aromatic heterocycles. The lowest BCUT2D eigenvalue weighted by Crippen LogP contribution is -2.44. The second-order valence-corrected chi connectivity index (χ2v) is 5.68. The van der Waals surface area contributed by atoms with E-state index in [0.717, 1.165) is 35.9 Å². The molecule has 1 saturated heterocycles. The Hall–Kier alpha value is -1.69. The fourth-order valence-electron chi connectivity index (χ4n) is 2.12. The van der Waals surface area contributed by atoms with E-state index in [-0.39, 0.29) is 6.03 Å². The Labute approximate surface area is 116 Å². The van der Waals surface area contributed by atoms with E-state index < -0.39 is 0 Å². The average Bonchev–Trinajstić information content (AvgIpc) is 2.88. The van der Waals surface area contributed by atoms with E-state index in [4.69, 9.17) is 0 Å². The molecule has 19 heavy (non-hydrogen) atoms. The zero-order valence-electron chi connectivity index (χ0n) is 10.6. The van der Waals surface area contributed by atoms with Gasteiger partial charge >= 0.3 is 6.03 Å². The number of carbonyl (C=O) groups is 1. The third-order valence-electron chi connectivity index (χ3n) is 3.13. The first-order valence-corrected chi connectivity index (χ1v) is 7.51. The van der Waals surface area contributed by atoms with Crippen molar-refractivity contribution in [1.29, 1.82) is 0 Å². The molecule has 0 aromatic carbocycles. The van der Waals surface area contributed by atoms with Crippen molar-refractivity contribution in [2.75, 3.05) is 24.6 Å². The van der Waals surface area contributed by atoms with Gasteiger partial charge in [0.1, 0.15) is 5.65 Å². The van der Waals surface area contributed by atoms with Crippen molar-refractivity contribution >= 4 is 23.4 Å². The molecule has 1 fully saturated rings. The van der Waals surface area contributed by atoms with Gasteiger partial charge in [-0.1, -0.05) is 6.07 Å². The SMILES string of the molecule is O=C(NCc1cn2ccccc2n1)N1CCSCC1. The molecule has 0 saturated carbocycles. The molecule has 100 valence electrons. The molecule has 1 N–H and O–H groups in total. The smallest absolute Gasteiger partial charge is 0.317 e. The summed E-state index contributed by atoms with van der Waals surface area (Å²) in [7, 11) is 0. The van der Waals surface area contributed by atoms with Crippen LogP contribution in [0.25, 0.3) is 5.65 Å². The number of thioether (sulfide) groups is 1. The number of hydrogen-bond acceptors (Lipinski definition) is 3. The third kappa shape index (κ3) is 2.84. The van der Waals surface area contributed by atoms with Crippen LogP contribution in [0, 0.1) is 0 Å². The lowest BCUT2D eigenvalue weighted by Gasteiger charge is -2.26. The summed E-state index contributed by atoms with van der Waals surface area (Å²) in [5, 5.41) is 2.93. The van der Waals surface area contributed by atoms with Crippen molar-refractivity contribution in [1.82, 2.24) is 19.6 Å². The highest BCUT2D eigenvalue weighted by atomic mass is 32.2. The maximum Gasteiger partial charge on any atom is 0.317 e. The summed E-state index contributed by atoms with van der Waals surface area (Å²) in [4.78, 5) is 18.3. The number of urea groups is 1. The van der Waals surface area contributed by atoms with Gasteiger partial charge in [-0.25, -0.2) is 9.78 Å². The number of nitrogens with one attached hydrogen (secondary N) is 1. The van der Waals surface area contributed by atoms with Crippen molar-refractivity contribution in [2.45, 2.75) is 6.54 Å². The van der Waals surface area contributed by atoms with Gasteiger partial charge in [0.2, 0.25) is 0 Å². The van der Waals surface area contributed by atoms with Gasteiger partial charge in [-0.15, -0.1) is 0 Å². The number of amides is 2. The van der Waals surface area contributed by atoms with Crippen LogP contribution in [0.1, 0.15) is 5.69 Å². The molecule has 2 aromatic rings. The summed E-state index contributed by atoms with van der Waals surface area (Å²) in [6, 6.07) is 5.88. The molecule has 0 spiro atoms. The molecule has 1 aliphatic rings. The first kappa shape index (κ1) is 12.3. The van der Waals surface area contributed by atoms with Crippen LogP contribution in [-0.2, 0) is 6.54 Å². The molecule has 0 atom stereocenters. The molecule has 0 unspecified atom stereocenters. The van der Waals surface area contributed by atoms with Crippen molar-refractivity contribution in [2.24, 2.45) is 0 Å². The lowest BCUT2D eigenvalue weighted by molar-refractivity contribution is 0.202. The Morgan fingerprint density at radius 1 is 1.37 bits per heavy atom. The largest absolute Gasteiger partial charge is 0.332 e. The topological polar surface area (TPSA) is 49.6 Å². The van der Waals surface area contributed by atoms with E-state index in [1.165, 1.54) is 0 Å². The van der Waals surface area contributed by atoms with Crippen LogP contribution in [0.4, 0.5) is 4.79 Å². The fraction of sp³-hybridized carbons (Fsp3) is 0.385. The number of aromatic nitrogens is 2. The van der Waals surface area contributed by atoms with Gasteiger partial charge in [-0.3, -0.25) is 0 Å². The second kappa shape index (κ2) is 5.52. The zero-order valence-corrected chi connectivity index (χ0v) is 11.4. The average molecular weight is 276 g/mol. The third-order valence-corrected chi connectivity index (χ3v) is 4.08. The molecule has 2 amide bonds. The number of carbonyl (C=O) groups excluding carboxylic acids is 1. The monoisotopic (exact) mass is 276 g/mol. The zero-order chi connectivity index (χ0) is 13.1. The Morgan fingerprint density at radius 3 is 3.00 bits per heavy atom. The number of fused-ring (bicyclic) bond motifs is 1. The Kier molecular flexibility index (Phi) is 3.59. The molecular formula is C13H16N4OS. The van der Waals surface area contributed by atoms with Crippen LogP contribution in [0.2, 0.25) is 0 Å². The highest BCUT2D eigenvalue weighted by molar-refractivity contribution is 7.99. The van der Waals surface area contributed by atoms with Gasteiger partial charge in [0.05, 0.1) is 12.2 Å². The minimum absolute atomic E-state index is 0.0114. The quantitative estimate of drug-likeness (QED) is 0.906. The molecule has 6 heteroatoms. The summed E-state index contributed by atoms with van der Waals surface area (Å²) in [5.74, 6) is 2.06. The summed E-state index contributed by atoms with van der Waals surface area (Å²) >= 11 is 1.90. The van der Waals surface area contributed by atoms with E-state index in [9.17, 15) is 4.79 Å². The first-order valence-electron chi connectivity index (χ1n) is 6.36. The number of nitrogens with zero attached hydrogens (tertiary/aromatic N) is 3. The highest BCUT2D eigenvalue weighted by Gasteiger charge is 2.16. The van der Waals surface area contributed by atoms with Gasteiger partial charge in [0.15, 0.2) is 0 Å². The van der Waals surface area contributed by atoms with E-state index in [2.05, 4.69) is 10.3 Å². The normalized spacial score (nSPS) is 15.7. The van der Waals surface area contributed by atoms with Gasteiger partial charge in [0.25, 0.3) is 0 Å². The van der Waals surface area contributed by atoms with Crippen LogP contribution in [0.15, 0.2) is 30.6 Å². The lowest BCUT2D eigenvalue weighted by atomic mass is 10.4. The first-order chi connectivity index (χ1) is 9.33. The molecule has 5 nitrogen and oxygen atoms in total. The van der Waals surface area contributed by atoms with Gasteiger partial charge < -0.3 is 14.6 Å². The van der Waals surface area contributed by atoms with Crippen molar-refractivity contribution in [3.63, 3.8) is 0 Å². The van der Waals surface area contributed by atoms with Crippen molar-refractivity contribution in [3.8, 4) is 0 Å². The summed E-state index contributed by atoms with van der Waals surface area (Å²) in [6.07, 6.45) is 3.90. The maximum atomic E-state index is 12.0. The maximum absolute atomic E-state index is 12.0. The van der Waals surface area contributed by atoms with Gasteiger partial charge in [-0.2, -0.15) is 11.8 Å². The van der Waals surface area contributed by atoms with E-state index in [0.29, 0.717) is 6.54 Å². The van der Waals surface area contributed by atoms with Crippen LogP contribution in [0.3, 0.4) is 0 Å².